The van der Waals surface area contributed by atoms with Gasteiger partial charge in [0.25, 0.3) is 5.56 Å². The molecule has 3 nitrogen and oxygen atoms in total. The molecule has 18 heavy (non-hydrogen) atoms. The first kappa shape index (κ1) is 11.0. The molecule has 0 radical (unpaired) electrons. The molecule has 0 saturated carbocycles. The minimum absolute atomic E-state index is 0.193. The van der Waals surface area contributed by atoms with Gasteiger partial charge in [-0.3, -0.25) is 4.79 Å². The Balaban J connectivity index is 2.41. The molecule has 1 heterocycles. The topological polar surface area (TPSA) is 45.8 Å². The number of fused-ring (bicyclic) bond motifs is 1. The molecule has 88 valence electrons. The van der Waals surface area contributed by atoms with E-state index >= 15 is 0 Å². The van der Waals surface area contributed by atoms with Gasteiger partial charge in [0.2, 0.25) is 0 Å². The average Bonchev–Trinajstić information content (AvgIpc) is 2.41. The third kappa shape index (κ3) is 1.69. The molecular formula is C14H9ClN2O. The summed E-state index contributed by atoms with van der Waals surface area (Å²) in [7, 11) is 0. The molecule has 0 fully saturated rings. The van der Waals surface area contributed by atoms with Crippen molar-refractivity contribution in [3.63, 3.8) is 0 Å². The van der Waals surface area contributed by atoms with Crippen molar-refractivity contribution < 1.29 is 0 Å². The lowest BCUT2D eigenvalue weighted by molar-refractivity contribution is 1.02. The zero-order valence-electron chi connectivity index (χ0n) is 9.35. The second kappa shape index (κ2) is 4.27. The number of nitrogens with one attached hydrogen (secondary N) is 1. The van der Waals surface area contributed by atoms with E-state index in [1.165, 1.54) is 0 Å². The Kier molecular flexibility index (Phi) is 2.61. The Morgan fingerprint density at radius 3 is 2.39 bits per heavy atom. The first-order valence-electron chi connectivity index (χ1n) is 5.50. The van der Waals surface area contributed by atoms with Gasteiger partial charge in [-0.15, -0.1) is 0 Å². The van der Waals surface area contributed by atoms with Gasteiger partial charge in [0.15, 0.2) is 0 Å². The van der Waals surface area contributed by atoms with Crippen molar-refractivity contribution in [2.45, 2.75) is 0 Å². The third-order valence-corrected chi connectivity index (χ3v) is 3.15. The van der Waals surface area contributed by atoms with Crippen LogP contribution in [0, 0.1) is 0 Å². The van der Waals surface area contributed by atoms with E-state index < -0.39 is 0 Å². The van der Waals surface area contributed by atoms with Gasteiger partial charge in [-0.1, -0.05) is 48.0 Å². The zero-order chi connectivity index (χ0) is 12.5. The lowest BCUT2D eigenvalue weighted by Crippen LogP contribution is -2.09. The lowest BCUT2D eigenvalue weighted by Gasteiger charge is -2.06. The van der Waals surface area contributed by atoms with Crippen molar-refractivity contribution >= 4 is 22.4 Å². The Labute approximate surface area is 108 Å². The van der Waals surface area contributed by atoms with Crippen LogP contribution >= 0.6 is 11.6 Å². The van der Waals surface area contributed by atoms with Gasteiger partial charge in [0, 0.05) is 10.9 Å². The van der Waals surface area contributed by atoms with Gasteiger partial charge in [0.05, 0.1) is 10.4 Å². The molecule has 3 aromatic rings. The fourth-order valence-corrected chi connectivity index (χ4v) is 2.20. The van der Waals surface area contributed by atoms with E-state index in [2.05, 4.69) is 10.2 Å². The maximum Gasteiger partial charge on any atom is 0.272 e. The summed E-state index contributed by atoms with van der Waals surface area (Å²) in [5.41, 5.74) is 1.31. The number of hydrogen-bond acceptors (Lipinski definition) is 2. The molecule has 4 heteroatoms. The summed E-state index contributed by atoms with van der Waals surface area (Å²) in [6.07, 6.45) is 0. The molecule has 3 rings (SSSR count). The smallest absolute Gasteiger partial charge is 0.267 e. The summed E-state index contributed by atoms with van der Waals surface area (Å²) in [5, 5.41) is 8.65. The summed E-state index contributed by atoms with van der Waals surface area (Å²) in [4.78, 5) is 11.7. The quantitative estimate of drug-likeness (QED) is 0.726. The number of halogens is 1. The zero-order valence-corrected chi connectivity index (χ0v) is 10.1. The van der Waals surface area contributed by atoms with Gasteiger partial charge < -0.3 is 0 Å². The lowest BCUT2D eigenvalue weighted by atomic mass is 10.1. The molecule has 1 aromatic heterocycles. The monoisotopic (exact) mass is 256 g/mol. The molecule has 0 aliphatic rings. The van der Waals surface area contributed by atoms with E-state index in [0.29, 0.717) is 16.1 Å². The van der Waals surface area contributed by atoms with Crippen molar-refractivity contribution in [3.8, 4) is 11.3 Å². The van der Waals surface area contributed by atoms with Crippen LogP contribution in [-0.4, -0.2) is 10.2 Å². The van der Waals surface area contributed by atoms with Crippen LogP contribution in [0.25, 0.3) is 22.0 Å². The third-order valence-electron chi connectivity index (χ3n) is 2.83. The molecule has 0 unspecified atom stereocenters. The maximum atomic E-state index is 11.7. The summed E-state index contributed by atoms with van der Waals surface area (Å²) in [5.74, 6) is 0. The SMILES string of the molecule is O=c1[nH]nc(-c2ccccc2Cl)c2ccccc12. The van der Waals surface area contributed by atoms with Gasteiger partial charge in [-0.25, -0.2) is 5.10 Å². The minimum Gasteiger partial charge on any atom is -0.267 e. The number of aromatic amines is 1. The van der Waals surface area contributed by atoms with Crippen LogP contribution in [0.2, 0.25) is 5.02 Å². The predicted molar refractivity (Wildman–Crippen MR) is 72.8 cm³/mol. The van der Waals surface area contributed by atoms with Crippen LogP contribution in [-0.2, 0) is 0 Å². The second-order valence-electron chi connectivity index (χ2n) is 3.93. The fraction of sp³-hybridized carbons (Fsp3) is 0. The molecule has 0 spiro atoms. The predicted octanol–water partition coefficient (Wildman–Crippen LogP) is 3.24. The van der Waals surface area contributed by atoms with Crippen LogP contribution in [0.3, 0.4) is 0 Å². The van der Waals surface area contributed by atoms with E-state index in [1.54, 1.807) is 12.1 Å². The van der Waals surface area contributed by atoms with Gasteiger partial charge in [-0.05, 0) is 12.1 Å². The summed E-state index contributed by atoms with van der Waals surface area (Å²) in [6, 6.07) is 14.8. The van der Waals surface area contributed by atoms with Crippen molar-refractivity contribution in [3.05, 3.63) is 63.9 Å². The highest BCUT2D eigenvalue weighted by Gasteiger charge is 2.10. The number of benzene rings is 2. The molecular weight excluding hydrogens is 248 g/mol. The van der Waals surface area contributed by atoms with E-state index in [-0.39, 0.29) is 5.56 Å². The van der Waals surface area contributed by atoms with Crippen LogP contribution in [0.15, 0.2) is 53.3 Å². The van der Waals surface area contributed by atoms with E-state index in [0.717, 1.165) is 10.9 Å². The number of nitrogens with zero attached hydrogens (tertiary/aromatic N) is 1. The van der Waals surface area contributed by atoms with Crippen molar-refractivity contribution in [1.82, 2.24) is 10.2 Å². The molecule has 0 bridgehead atoms. The first-order valence-corrected chi connectivity index (χ1v) is 5.87. The van der Waals surface area contributed by atoms with Crippen molar-refractivity contribution in [1.29, 1.82) is 0 Å². The van der Waals surface area contributed by atoms with Gasteiger partial charge in [-0.2, -0.15) is 5.10 Å². The normalized spacial score (nSPS) is 10.7. The average molecular weight is 257 g/mol. The highest BCUT2D eigenvalue weighted by atomic mass is 35.5. The maximum absolute atomic E-state index is 11.7. The van der Waals surface area contributed by atoms with Gasteiger partial charge >= 0.3 is 0 Å². The molecule has 0 aliphatic heterocycles. The number of H-pyrrole nitrogens is 1. The van der Waals surface area contributed by atoms with E-state index in [1.807, 2.05) is 36.4 Å². The molecule has 0 atom stereocenters. The molecule has 0 saturated heterocycles. The number of rotatable bonds is 1. The standard InChI is InChI=1S/C14H9ClN2O/c15-12-8-4-3-7-11(12)13-9-5-1-2-6-10(9)14(18)17-16-13/h1-8H,(H,17,18). The van der Waals surface area contributed by atoms with Crippen molar-refractivity contribution in [2.24, 2.45) is 0 Å². The Morgan fingerprint density at radius 1 is 0.944 bits per heavy atom. The Morgan fingerprint density at radius 2 is 1.61 bits per heavy atom. The fourth-order valence-electron chi connectivity index (χ4n) is 1.97. The van der Waals surface area contributed by atoms with Crippen LogP contribution < -0.4 is 5.56 Å². The second-order valence-corrected chi connectivity index (χ2v) is 4.33. The molecule has 0 aliphatic carbocycles. The summed E-state index contributed by atoms with van der Waals surface area (Å²) >= 11 is 6.17. The van der Waals surface area contributed by atoms with Crippen LogP contribution in [0.1, 0.15) is 0 Å². The molecule has 0 amide bonds. The van der Waals surface area contributed by atoms with Crippen molar-refractivity contribution in [2.75, 3.05) is 0 Å². The number of hydrogen-bond donors (Lipinski definition) is 1. The van der Waals surface area contributed by atoms with E-state index in [9.17, 15) is 4.79 Å². The number of aromatic nitrogens is 2. The summed E-state index contributed by atoms with van der Waals surface area (Å²) < 4.78 is 0. The highest BCUT2D eigenvalue weighted by molar-refractivity contribution is 6.33. The largest absolute Gasteiger partial charge is 0.272 e. The summed E-state index contributed by atoms with van der Waals surface area (Å²) in [6.45, 7) is 0. The highest BCUT2D eigenvalue weighted by Crippen LogP contribution is 2.29. The Bertz CT molecular complexity index is 780. The molecule has 1 N–H and O–H groups in total. The minimum atomic E-state index is -0.193. The van der Waals surface area contributed by atoms with Crippen LogP contribution in [0.5, 0.6) is 0 Å². The van der Waals surface area contributed by atoms with Gasteiger partial charge in [0.1, 0.15) is 5.69 Å². The first-order chi connectivity index (χ1) is 8.77. The Hall–Kier alpha value is -2.13. The van der Waals surface area contributed by atoms with E-state index in [4.69, 9.17) is 11.6 Å². The van der Waals surface area contributed by atoms with Crippen LogP contribution in [0.4, 0.5) is 0 Å². The molecule has 2 aromatic carbocycles.